The number of sulfone groups is 1. The molecule has 98 valence electrons. The maximum absolute atomic E-state index is 11.6. The highest BCUT2D eigenvalue weighted by Crippen LogP contribution is 2.15. The molecule has 0 radical (unpaired) electrons. The first-order chi connectivity index (χ1) is 8.55. The number of aryl methyl sites for hydroxylation is 1. The van der Waals surface area contributed by atoms with Crippen molar-refractivity contribution in [3.05, 3.63) is 35.9 Å². The third kappa shape index (κ3) is 3.84. The minimum absolute atomic E-state index is 0.0237. The first kappa shape index (κ1) is 13.1. The van der Waals surface area contributed by atoms with E-state index in [0.29, 0.717) is 19.3 Å². The lowest BCUT2D eigenvalue weighted by atomic mass is 10.1. The second-order valence-electron chi connectivity index (χ2n) is 4.50. The van der Waals surface area contributed by atoms with Crippen LogP contribution in [0.2, 0.25) is 0 Å². The topological polar surface area (TPSA) is 60.4 Å². The second-order valence-corrected chi connectivity index (χ2v) is 6.73. The van der Waals surface area contributed by atoms with Gasteiger partial charge in [0.15, 0.2) is 9.84 Å². The summed E-state index contributed by atoms with van der Waals surface area (Å²) in [5, 5.41) is 0. The fourth-order valence-electron chi connectivity index (χ4n) is 1.99. The molecule has 2 rings (SSSR count). The lowest BCUT2D eigenvalue weighted by Crippen LogP contribution is -2.19. The largest absolute Gasteiger partial charge is 0.461 e. The molecule has 4 nitrogen and oxygen atoms in total. The van der Waals surface area contributed by atoms with Crippen molar-refractivity contribution in [3.63, 3.8) is 0 Å². The maximum Gasteiger partial charge on any atom is 0.306 e. The molecule has 1 aromatic carbocycles. The van der Waals surface area contributed by atoms with Gasteiger partial charge in [-0.1, -0.05) is 30.3 Å². The number of carbonyl (C=O) groups excluding carboxylic acids is 1. The van der Waals surface area contributed by atoms with Gasteiger partial charge in [-0.3, -0.25) is 4.79 Å². The first-order valence-corrected chi connectivity index (χ1v) is 7.81. The SMILES string of the molecule is O=C(CCc1ccccc1)O[C@H]1CCS(=O)(=O)C1. The van der Waals surface area contributed by atoms with Gasteiger partial charge in [-0.15, -0.1) is 0 Å². The van der Waals surface area contributed by atoms with Gasteiger partial charge in [0.1, 0.15) is 6.10 Å². The Morgan fingerprint density at radius 2 is 2.00 bits per heavy atom. The summed E-state index contributed by atoms with van der Waals surface area (Å²) in [5.74, 6) is -0.214. The fraction of sp³-hybridized carbons (Fsp3) is 0.462. The molecule has 0 aromatic heterocycles. The van der Waals surface area contributed by atoms with Crippen LogP contribution in [0.5, 0.6) is 0 Å². The summed E-state index contributed by atoms with van der Waals surface area (Å²) in [6.45, 7) is 0. The van der Waals surface area contributed by atoms with E-state index in [9.17, 15) is 13.2 Å². The van der Waals surface area contributed by atoms with Gasteiger partial charge in [-0.2, -0.15) is 0 Å². The quantitative estimate of drug-likeness (QED) is 0.773. The Bertz CT molecular complexity index is 507. The van der Waals surface area contributed by atoms with E-state index in [1.54, 1.807) is 0 Å². The van der Waals surface area contributed by atoms with Gasteiger partial charge >= 0.3 is 5.97 Å². The molecule has 1 fully saturated rings. The van der Waals surface area contributed by atoms with Crippen LogP contribution in [0.1, 0.15) is 18.4 Å². The highest BCUT2D eigenvalue weighted by molar-refractivity contribution is 7.91. The molecule has 1 aliphatic heterocycles. The molecule has 0 saturated carbocycles. The van der Waals surface area contributed by atoms with Crippen LogP contribution in [0, 0.1) is 0 Å². The normalized spacial score (nSPS) is 21.7. The van der Waals surface area contributed by atoms with E-state index in [4.69, 9.17) is 4.74 Å². The van der Waals surface area contributed by atoms with Crippen molar-refractivity contribution < 1.29 is 17.9 Å². The smallest absolute Gasteiger partial charge is 0.306 e. The highest BCUT2D eigenvalue weighted by Gasteiger charge is 2.30. The number of carbonyl (C=O) groups is 1. The number of esters is 1. The van der Waals surface area contributed by atoms with Crippen molar-refractivity contribution in [3.8, 4) is 0 Å². The average molecular weight is 268 g/mol. The van der Waals surface area contributed by atoms with Crippen LogP contribution in [0.25, 0.3) is 0 Å². The zero-order valence-corrected chi connectivity index (χ0v) is 10.9. The van der Waals surface area contributed by atoms with Crippen LogP contribution < -0.4 is 0 Å². The van der Waals surface area contributed by atoms with E-state index in [0.717, 1.165) is 5.56 Å². The summed E-state index contributed by atoms with van der Waals surface area (Å²) < 4.78 is 27.6. The van der Waals surface area contributed by atoms with E-state index in [1.807, 2.05) is 30.3 Å². The van der Waals surface area contributed by atoms with E-state index >= 15 is 0 Å². The molecule has 18 heavy (non-hydrogen) atoms. The molecule has 0 spiro atoms. The van der Waals surface area contributed by atoms with Gasteiger partial charge in [-0.25, -0.2) is 8.42 Å². The van der Waals surface area contributed by atoms with Crippen molar-refractivity contribution in [1.29, 1.82) is 0 Å². The monoisotopic (exact) mass is 268 g/mol. The van der Waals surface area contributed by atoms with Crippen LogP contribution in [-0.4, -0.2) is 32.0 Å². The van der Waals surface area contributed by atoms with Crippen LogP contribution >= 0.6 is 0 Å². The Hall–Kier alpha value is -1.36. The van der Waals surface area contributed by atoms with Gasteiger partial charge in [0.05, 0.1) is 11.5 Å². The molecule has 0 N–H and O–H groups in total. The summed E-state index contributed by atoms with van der Waals surface area (Å²) in [5.41, 5.74) is 1.08. The number of ether oxygens (including phenoxy) is 1. The van der Waals surface area contributed by atoms with Gasteiger partial charge in [-0.05, 0) is 18.4 Å². The van der Waals surface area contributed by atoms with Crippen LogP contribution in [0.15, 0.2) is 30.3 Å². The molecule has 1 aromatic rings. The Kier molecular flexibility index (Phi) is 4.01. The van der Waals surface area contributed by atoms with Crippen LogP contribution in [0.3, 0.4) is 0 Å². The molecule has 5 heteroatoms. The predicted molar refractivity (Wildman–Crippen MR) is 67.9 cm³/mol. The summed E-state index contributed by atoms with van der Waals surface area (Å²) in [6.07, 6.45) is 0.900. The van der Waals surface area contributed by atoms with Crippen molar-refractivity contribution >= 4 is 15.8 Å². The zero-order chi connectivity index (χ0) is 13.0. The zero-order valence-electron chi connectivity index (χ0n) is 10.0. The van der Waals surface area contributed by atoms with Gasteiger partial charge < -0.3 is 4.74 Å². The Morgan fingerprint density at radius 3 is 2.61 bits per heavy atom. The van der Waals surface area contributed by atoms with E-state index in [1.165, 1.54) is 0 Å². The van der Waals surface area contributed by atoms with Gasteiger partial charge in [0, 0.05) is 6.42 Å². The molecule has 0 aliphatic carbocycles. The first-order valence-electron chi connectivity index (χ1n) is 5.99. The molecule has 1 atom stereocenters. The number of hydrogen-bond acceptors (Lipinski definition) is 4. The van der Waals surface area contributed by atoms with Gasteiger partial charge in [0.25, 0.3) is 0 Å². The molecule has 1 saturated heterocycles. The van der Waals surface area contributed by atoms with Crippen LogP contribution in [0.4, 0.5) is 0 Å². The molecular formula is C13H16O4S. The fourth-order valence-corrected chi connectivity index (χ4v) is 3.58. The van der Waals surface area contributed by atoms with Crippen molar-refractivity contribution in [1.82, 2.24) is 0 Å². The maximum atomic E-state index is 11.6. The third-order valence-corrected chi connectivity index (χ3v) is 4.69. The Balaban J connectivity index is 1.76. The van der Waals surface area contributed by atoms with Crippen molar-refractivity contribution in [2.75, 3.05) is 11.5 Å². The molecule has 0 amide bonds. The summed E-state index contributed by atoms with van der Waals surface area (Å²) in [6, 6.07) is 9.67. The number of hydrogen-bond donors (Lipinski definition) is 0. The lowest BCUT2D eigenvalue weighted by molar-refractivity contribution is -0.147. The predicted octanol–water partition coefficient (Wildman–Crippen LogP) is 1.35. The number of rotatable bonds is 4. The Labute approximate surface area is 107 Å². The van der Waals surface area contributed by atoms with Crippen molar-refractivity contribution in [2.45, 2.75) is 25.4 Å². The lowest BCUT2D eigenvalue weighted by Gasteiger charge is -2.09. The Morgan fingerprint density at radius 1 is 1.28 bits per heavy atom. The summed E-state index contributed by atoms with van der Waals surface area (Å²) >= 11 is 0. The van der Waals surface area contributed by atoms with E-state index < -0.39 is 15.9 Å². The van der Waals surface area contributed by atoms with E-state index in [-0.39, 0.29) is 17.5 Å². The van der Waals surface area contributed by atoms with Crippen molar-refractivity contribution in [2.24, 2.45) is 0 Å². The molecule has 0 unspecified atom stereocenters. The molecule has 1 heterocycles. The second kappa shape index (κ2) is 5.52. The highest BCUT2D eigenvalue weighted by atomic mass is 32.2. The molecule has 0 bridgehead atoms. The summed E-state index contributed by atoms with van der Waals surface area (Å²) in [7, 11) is -2.99. The minimum atomic E-state index is -2.99. The third-order valence-electron chi connectivity index (χ3n) is 2.95. The van der Waals surface area contributed by atoms with E-state index in [2.05, 4.69) is 0 Å². The number of benzene rings is 1. The molecule has 1 aliphatic rings. The standard InChI is InChI=1S/C13H16O4S/c14-13(7-6-11-4-2-1-3-5-11)17-12-8-9-18(15,16)10-12/h1-5,12H,6-10H2/t12-/m0/s1. The minimum Gasteiger partial charge on any atom is -0.461 e. The summed E-state index contributed by atoms with van der Waals surface area (Å²) in [4.78, 5) is 11.6. The van der Waals surface area contributed by atoms with Gasteiger partial charge in [0.2, 0.25) is 0 Å². The molecular weight excluding hydrogens is 252 g/mol. The average Bonchev–Trinajstić information content (AvgIpc) is 2.67. The van der Waals surface area contributed by atoms with Crippen LogP contribution in [-0.2, 0) is 25.8 Å².